The SMILES string of the molecule is CC.CC1CCCCC1.Cc1sc(C#CC(C)(C)C)cc1N(O)C1CCCCC1.O=CO. The molecule has 2 fully saturated rings. The Hall–Kier alpha value is -1.51. The summed E-state index contributed by atoms with van der Waals surface area (Å²) in [5.74, 6) is 7.53. The van der Waals surface area contributed by atoms with Gasteiger partial charge in [0.15, 0.2) is 0 Å². The van der Waals surface area contributed by atoms with Crippen molar-refractivity contribution in [1.29, 1.82) is 0 Å². The van der Waals surface area contributed by atoms with E-state index in [0.29, 0.717) is 0 Å². The molecule has 2 saturated carbocycles. The molecular weight excluding hydrogens is 418 g/mol. The standard InChI is InChI=1S/C17H25NOS.C7H14.C2H6.CH2O2/c1-13-16(18(19)14-8-6-5-7-9-14)12-15(20-13)10-11-17(2,3)4;1-7-5-3-2-4-6-7;1-2;2-1-3/h12,14,19H,5-9H2,1-4H3;7H,2-6H2,1H3;1-2H3;1H,(H,2,3). The first-order valence-corrected chi connectivity index (χ1v) is 13.2. The summed E-state index contributed by atoms with van der Waals surface area (Å²) in [6.07, 6.45) is 13.4. The first-order chi connectivity index (χ1) is 15.2. The lowest BCUT2D eigenvalue weighted by molar-refractivity contribution is -0.122. The van der Waals surface area contributed by atoms with Crippen LogP contribution < -0.4 is 5.06 Å². The number of rotatable bonds is 2. The van der Waals surface area contributed by atoms with Crippen molar-refractivity contribution in [2.75, 3.05) is 5.06 Å². The van der Waals surface area contributed by atoms with E-state index in [9.17, 15) is 5.21 Å². The van der Waals surface area contributed by atoms with E-state index in [1.807, 2.05) is 19.9 Å². The lowest BCUT2D eigenvalue weighted by Gasteiger charge is -2.30. The lowest BCUT2D eigenvalue weighted by Crippen LogP contribution is -2.33. The van der Waals surface area contributed by atoms with E-state index in [-0.39, 0.29) is 17.9 Å². The highest BCUT2D eigenvalue weighted by Gasteiger charge is 2.22. The second kappa shape index (κ2) is 17.0. The highest BCUT2D eigenvalue weighted by molar-refractivity contribution is 7.13. The van der Waals surface area contributed by atoms with Gasteiger partial charge in [0.1, 0.15) is 0 Å². The molecule has 0 amide bonds. The Bertz CT molecular complexity index is 669. The summed E-state index contributed by atoms with van der Waals surface area (Å²) in [5.41, 5.74) is 0.959. The average molecular weight is 466 g/mol. The number of carbonyl (C=O) groups is 1. The van der Waals surface area contributed by atoms with Gasteiger partial charge in [-0.3, -0.25) is 15.1 Å². The topological polar surface area (TPSA) is 60.8 Å². The van der Waals surface area contributed by atoms with E-state index in [0.717, 1.165) is 34.2 Å². The number of hydroxylamine groups is 1. The van der Waals surface area contributed by atoms with Crippen molar-refractivity contribution >= 4 is 23.5 Å². The number of carboxylic acid groups (broad SMARTS) is 1. The molecule has 0 spiro atoms. The molecule has 0 aromatic carbocycles. The molecule has 1 heterocycles. The van der Waals surface area contributed by atoms with E-state index >= 15 is 0 Å². The van der Waals surface area contributed by atoms with Crippen LogP contribution in [0.1, 0.15) is 116 Å². The van der Waals surface area contributed by atoms with Gasteiger partial charge in [0.05, 0.1) is 16.6 Å². The molecular formula is C27H47NO3S. The molecule has 4 nitrogen and oxygen atoms in total. The third-order valence-electron chi connectivity index (χ3n) is 5.51. The van der Waals surface area contributed by atoms with Crippen LogP contribution in [0.25, 0.3) is 0 Å². The largest absolute Gasteiger partial charge is 0.483 e. The molecule has 184 valence electrons. The van der Waals surface area contributed by atoms with Crippen molar-refractivity contribution in [3.63, 3.8) is 0 Å². The van der Waals surface area contributed by atoms with Gasteiger partial charge in [0.25, 0.3) is 6.47 Å². The summed E-state index contributed by atoms with van der Waals surface area (Å²) >= 11 is 1.67. The third-order valence-corrected chi connectivity index (χ3v) is 6.47. The zero-order valence-electron chi connectivity index (χ0n) is 21.5. The Morgan fingerprint density at radius 1 is 1.03 bits per heavy atom. The fourth-order valence-electron chi connectivity index (χ4n) is 3.84. The Kier molecular flexibility index (Phi) is 16.2. The minimum atomic E-state index is -0.250. The highest BCUT2D eigenvalue weighted by atomic mass is 32.1. The first-order valence-electron chi connectivity index (χ1n) is 12.4. The van der Waals surface area contributed by atoms with Crippen molar-refractivity contribution in [2.24, 2.45) is 11.3 Å². The molecule has 1 aromatic rings. The predicted molar refractivity (Wildman–Crippen MR) is 139 cm³/mol. The Balaban J connectivity index is 0.000000661. The van der Waals surface area contributed by atoms with Gasteiger partial charge in [-0.2, -0.15) is 0 Å². The maximum absolute atomic E-state index is 10.5. The van der Waals surface area contributed by atoms with Gasteiger partial charge in [-0.1, -0.05) is 84.0 Å². The number of hydrogen-bond acceptors (Lipinski definition) is 4. The average Bonchev–Trinajstić information content (AvgIpc) is 3.15. The predicted octanol–water partition coefficient (Wildman–Crippen LogP) is 8.30. The maximum Gasteiger partial charge on any atom is 0.290 e. The molecule has 2 aliphatic carbocycles. The van der Waals surface area contributed by atoms with E-state index in [1.165, 1.54) is 56.4 Å². The summed E-state index contributed by atoms with van der Waals surface area (Å²) in [5, 5.41) is 18.8. The van der Waals surface area contributed by atoms with Crippen LogP contribution in [0.3, 0.4) is 0 Å². The Morgan fingerprint density at radius 3 is 1.91 bits per heavy atom. The number of aryl methyl sites for hydroxylation is 1. The Morgan fingerprint density at radius 2 is 1.50 bits per heavy atom. The zero-order chi connectivity index (χ0) is 24.6. The second-order valence-electron chi connectivity index (χ2n) is 9.54. The van der Waals surface area contributed by atoms with Crippen LogP contribution in [0.4, 0.5) is 5.69 Å². The monoisotopic (exact) mass is 465 g/mol. The third kappa shape index (κ3) is 13.1. The molecule has 5 heteroatoms. The molecule has 0 aliphatic heterocycles. The zero-order valence-corrected chi connectivity index (χ0v) is 22.4. The number of thiophene rings is 1. The Labute approximate surface area is 201 Å². The van der Waals surface area contributed by atoms with E-state index in [4.69, 9.17) is 9.90 Å². The van der Waals surface area contributed by atoms with Crippen LogP contribution >= 0.6 is 11.3 Å². The van der Waals surface area contributed by atoms with Crippen molar-refractivity contribution in [2.45, 2.75) is 119 Å². The smallest absolute Gasteiger partial charge is 0.290 e. The minimum Gasteiger partial charge on any atom is -0.483 e. The lowest BCUT2D eigenvalue weighted by atomic mass is 9.91. The van der Waals surface area contributed by atoms with Gasteiger partial charge < -0.3 is 5.11 Å². The van der Waals surface area contributed by atoms with E-state index < -0.39 is 0 Å². The van der Waals surface area contributed by atoms with Gasteiger partial charge in [-0.25, -0.2) is 0 Å². The molecule has 0 radical (unpaired) electrons. The molecule has 0 bridgehead atoms. The number of anilines is 1. The highest BCUT2D eigenvalue weighted by Crippen LogP contribution is 2.33. The fraction of sp³-hybridized carbons (Fsp3) is 0.741. The van der Waals surface area contributed by atoms with Crippen LogP contribution in [0.15, 0.2) is 6.07 Å². The van der Waals surface area contributed by atoms with Crippen molar-refractivity contribution < 1.29 is 15.1 Å². The molecule has 0 saturated heterocycles. The van der Waals surface area contributed by atoms with Crippen LogP contribution in [0.5, 0.6) is 0 Å². The van der Waals surface area contributed by atoms with Gasteiger partial charge in [-0.15, -0.1) is 11.3 Å². The summed E-state index contributed by atoms with van der Waals surface area (Å²) in [6, 6.07) is 2.31. The molecule has 2 aliphatic rings. The van der Waals surface area contributed by atoms with Gasteiger partial charge in [0, 0.05) is 10.3 Å². The van der Waals surface area contributed by atoms with Crippen molar-refractivity contribution in [3.8, 4) is 11.8 Å². The van der Waals surface area contributed by atoms with Crippen LogP contribution in [-0.4, -0.2) is 22.8 Å². The number of nitrogens with zero attached hydrogens (tertiary/aromatic N) is 1. The van der Waals surface area contributed by atoms with E-state index in [2.05, 4.69) is 46.5 Å². The molecule has 1 aromatic heterocycles. The second-order valence-corrected chi connectivity index (χ2v) is 10.8. The molecule has 2 N–H and O–H groups in total. The summed E-state index contributed by atoms with van der Waals surface area (Å²) < 4.78 is 0. The fourth-order valence-corrected chi connectivity index (χ4v) is 4.70. The van der Waals surface area contributed by atoms with Crippen molar-refractivity contribution in [3.05, 3.63) is 15.8 Å². The van der Waals surface area contributed by atoms with E-state index in [1.54, 1.807) is 11.3 Å². The first kappa shape index (κ1) is 30.5. The quantitative estimate of drug-likeness (QED) is 0.262. The molecule has 32 heavy (non-hydrogen) atoms. The molecule has 0 atom stereocenters. The van der Waals surface area contributed by atoms with Crippen LogP contribution in [0, 0.1) is 30.1 Å². The van der Waals surface area contributed by atoms with Gasteiger partial charge >= 0.3 is 0 Å². The minimum absolute atomic E-state index is 0.0142. The molecule has 0 unspecified atom stereocenters. The molecule has 3 rings (SSSR count). The summed E-state index contributed by atoms with van der Waals surface area (Å²) in [6.45, 7) is 14.5. The van der Waals surface area contributed by atoms with Crippen LogP contribution in [0.2, 0.25) is 0 Å². The summed E-state index contributed by atoms with van der Waals surface area (Å²) in [7, 11) is 0. The van der Waals surface area contributed by atoms with Crippen LogP contribution in [-0.2, 0) is 4.79 Å². The normalized spacial score (nSPS) is 16.5. The van der Waals surface area contributed by atoms with Crippen molar-refractivity contribution in [1.82, 2.24) is 0 Å². The maximum atomic E-state index is 10.5. The number of hydrogen-bond donors (Lipinski definition) is 2. The summed E-state index contributed by atoms with van der Waals surface area (Å²) in [4.78, 5) is 10.6. The van der Waals surface area contributed by atoms with Gasteiger partial charge in [0.2, 0.25) is 0 Å². The van der Waals surface area contributed by atoms with Gasteiger partial charge in [-0.05, 0) is 52.5 Å².